The van der Waals surface area contributed by atoms with E-state index in [1.54, 1.807) is 4.90 Å². The van der Waals surface area contributed by atoms with Crippen molar-refractivity contribution in [2.45, 2.75) is 75.5 Å². The Labute approximate surface area is 180 Å². The first kappa shape index (κ1) is 23.0. The highest BCUT2D eigenvalue weighted by Gasteiger charge is 2.43. The number of nitrogens with one attached hydrogen (secondary N) is 2. The van der Waals surface area contributed by atoms with Crippen LogP contribution in [-0.4, -0.2) is 88.3 Å². The van der Waals surface area contributed by atoms with Crippen molar-refractivity contribution in [1.29, 1.82) is 0 Å². The molecule has 0 aromatic heterocycles. The maximum absolute atomic E-state index is 13.3. The molecule has 3 saturated heterocycles. The van der Waals surface area contributed by atoms with Gasteiger partial charge in [0.15, 0.2) is 0 Å². The fraction of sp³-hybridized carbons (Fsp3) is 0.750. The van der Waals surface area contributed by atoms with Crippen molar-refractivity contribution < 1.29 is 29.1 Å². The number of amides is 4. The summed E-state index contributed by atoms with van der Waals surface area (Å²) in [7, 11) is 0. The first-order chi connectivity index (χ1) is 14.8. The van der Waals surface area contributed by atoms with Crippen LogP contribution in [0.2, 0.25) is 0 Å². The molecular formula is C20H31N5O6. The summed E-state index contributed by atoms with van der Waals surface area (Å²) in [5.74, 6) is -2.80. The molecular weight excluding hydrogens is 406 g/mol. The number of carboxylic acids is 1. The molecule has 0 aliphatic carbocycles. The Bertz CT molecular complexity index is 738. The fourth-order valence-electron chi connectivity index (χ4n) is 4.69. The maximum Gasteiger partial charge on any atom is 0.326 e. The lowest BCUT2D eigenvalue weighted by atomic mass is 10.1. The maximum atomic E-state index is 13.3. The zero-order valence-corrected chi connectivity index (χ0v) is 17.5. The predicted molar refractivity (Wildman–Crippen MR) is 108 cm³/mol. The average Bonchev–Trinajstić information content (AvgIpc) is 3.49. The summed E-state index contributed by atoms with van der Waals surface area (Å²) in [4.78, 5) is 64.4. The van der Waals surface area contributed by atoms with Gasteiger partial charge in [-0.05, 0) is 51.5 Å². The third-order valence-corrected chi connectivity index (χ3v) is 6.31. The van der Waals surface area contributed by atoms with Crippen LogP contribution in [0.3, 0.4) is 0 Å². The Hall–Kier alpha value is -2.69. The number of primary amides is 1. The minimum Gasteiger partial charge on any atom is -0.480 e. The molecule has 3 rings (SSSR count). The van der Waals surface area contributed by atoms with E-state index >= 15 is 0 Å². The van der Waals surface area contributed by atoms with Crippen molar-refractivity contribution in [3.05, 3.63) is 0 Å². The first-order valence-corrected chi connectivity index (χ1v) is 11.0. The molecule has 172 valence electrons. The zero-order valence-electron chi connectivity index (χ0n) is 17.5. The van der Waals surface area contributed by atoms with E-state index in [-0.39, 0.29) is 30.7 Å². The lowest BCUT2D eigenvalue weighted by molar-refractivity contribution is -0.148. The van der Waals surface area contributed by atoms with Crippen molar-refractivity contribution >= 4 is 29.6 Å². The van der Waals surface area contributed by atoms with Crippen molar-refractivity contribution in [2.24, 2.45) is 5.73 Å². The number of carbonyl (C=O) groups excluding carboxylic acids is 4. The smallest absolute Gasteiger partial charge is 0.326 e. The number of likely N-dealkylation sites (tertiary alicyclic amines) is 2. The summed E-state index contributed by atoms with van der Waals surface area (Å²) >= 11 is 0. The number of carboxylic acid groups (broad SMARTS) is 1. The van der Waals surface area contributed by atoms with Crippen LogP contribution < -0.4 is 16.4 Å². The monoisotopic (exact) mass is 437 g/mol. The highest BCUT2D eigenvalue weighted by atomic mass is 16.4. The van der Waals surface area contributed by atoms with E-state index in [1.165, 1.54) is 4.90 Å². The molecule has 5 N–H and O–H groups in total. The van der Waals surface area contributed by atoms with Crippen LogP contribution in [0, 0.1) is 0 Å². The van der Waals surface area contributed by atoms with Gasteiger partial charge in [-0.15, -0.1) is 0 Å². The molecule has 31 heavy (non-hydrogen) atoms. The van der Waals surface area contributed by atoms with Crippen molar-refractivity contribution in [3.8, 4) is 0 Å². The van der Waals surface area contributed by atoms with Gasteiger partial charge in [0.1, 0.15) is 18.1 Å². The highest BCUT2D eigenvalue weighted by Crippen LogP contribution is 2.26. The predicted octanol–water partition coefficient (Wildman–Crippen LogP) is -1.44. The molecule has 3 fully saturated rings. The van der Waals surface area contributed by atoms with Crippen LogP contribution in [0.15, 0.2) is 0 Å². The van der Waals surface area contributed by atoms with E-state index in [9.17, 15) is 29.1 Å². The van der Waals surface area contributed by atoms with E-state index in [1.807, 2.05) is 0 Å². The molecule has 3 heterocycles. The minimum atomic E-state index is -1.26. The molecule has 4 atom stereocenters. The number of aliphatic carboxylic acids is 1. The number of rotatable bonds is 8. The fourth-order valence-corrected chi connectivity index (χ4v) is 4.69. The van der Waals surface area contributed by atoms with Gasteiger partial charge in [-0.3, -0.25) is 19.2 Å². The topological polar surface area (TPSA) is 162 Å². The second kappa shape index (κ2) is 10.1. The molecule has 4 unspecified atom stereocenters. The van der Waals surface area contributed by atoms with Crippen LogP contribution in [0.5, 0.6) is 0 Å². The SMILES string of the molecule is NC(=O)CCC(NC(=O)C1CCCN1C(=O)C1CCCN1C(=O)C1CCCN1)C(=O)O. The standard InChI is InChI=1S/C20H31N5O6/c21-16(26)8-7-13(20(30)31)23-17(27)14-5-2-10-24(14)19(29)15-6-3-11-25(15)18(28)12-4-1-9-22-12/h12-15,22H,1-11H2,(H2,21,26)(H,23,27)(H,30,31). The average molecular weight is 437 g/mol. The van der Waals surface area contributed by atoms with Crippen molar-refractivity contribution in [2.75, 3.05) is 19.6 Å². The van der Waals surface area contributed by atoms with E-state index in [0.29, 0.717) is 32.4 Å². The minimum absolute atomic E-state index is 0.0639. The third-order valence-electron chi connectivity index (χ3n) is 6.31. The van der Waals surface area contributed by atoms with Gasteiger partial charge in [0.05, 0.1) is 6.04 Å². The first-order valence-electron chi connectivity index (χ1n) is 11.0. The molecule has 3 aliphatic heterocycles. The van der Waals surface area contributed by atoms with Crippen LogP contribution in [-0.2, 0) is 24.0 Å². The third kappa shape index (κ3) is 5.33. The van der Waals surface area contributed by atoms with Gasteiger partial charge in [-0.1, -0.05) is 0 Å². The number of hydrogen-bond acceptors (Lipinski definition) is 6. The van der Waals surface area contributed by atoms with Crippen LogP contribution >= 0.6 is 0 Å². The van der Waals surface area contributed by atoms with Gasteiger partial charge >= 0.3 is 5.97 Å². The second-order valence-corrected chi connectivity index (χ2v) is 8.43. The summed E-state index contributed by atoms with van der Waals surface area (Å²) in [5, 5.41) is 14.9. The van der Waals surface area contributed by atoms with Gasteiger partial charge in [0.25, 0.3) is 0 Å². The molecule has 0 saturated carbocycles. The molecule has 0 aromatic rings. The van der Waals surface area contributed by atoms with Crippen molar-refractivity contribution in [1.82, 2.24) is 20.4 Å². The van der Waals surface area contributed by atoms with E-state index < -0.39 is 35.9 Å². The van der Waals surface area contributed by atoms with Gasteiger partial charge in [0, 0.05) is 19.5 Å². The molecule has 0 aromatic carbocycles. The quantitative estimate of drug-likeness (QED) is 0.361. The molecule has 3 aliphatic rings. The van der Waals surface area contributed by atoms with Crippen LogP contribution in [0.1, 0.15) is 51.4 Å². The lowest BCUT2D eigenvalue weighted by Gasteiger charge is -2.32. The largest absolute Gasteiger partial charge is 0.480 e. The Kier molecular flexibility index (Phi) is 7.47. The van der Waals surface area contributed by atoms with E-state index in [0.717, 1.165) is 25.8 Å². The van der Waals surface area contributed by atoms with E-state index in [2.05, 4.69) is 10.6 Å². The Balaban J connectivity index is 1.64. The summed E-state index contributed by atoms with van der Waals surface area (Å²) < 4.78 is 0. The number of nitrogens with zero attached hydrogens (tertiary/aromatic N) is 2. The summed E-state index contributed by atoms with van der Waals surface area (Å²) in [6.07, 6.45) is 3.73. The molecule has 0 radical (unpaired) electrons. The second-order valence-electron chi connectivity index (χ2n) is 8.43. The van der Waals surface area contributed by atoms with E-state index in [4.69, 9.17) is 5.73 Å². The van der Waals surface area contributed by atoms with Gasteiger partial charge in [-0.2, -0.15) is 0 Å². The highest BCUT2D eigenvalue weighted by molar-refractivity contribution is 5.95. The molecule has 11 heteroatoms. The summed E-state index contributed by atoms with van der Waals surface area (Å²) in [5.41, 5.74) is 5.07. The number of nitrogens with two attached hydrogens (primary N) is 1. The molecule has 11 nitrogen and oxygen atoms in total. The van der Waals surface area contributed by atoms with Gasteiger partial charge in [0.2, 0.25) is 23.6 Å². The summed E-state index contributed by atoms with van der Waals surface area (Å²) in [6, 6.07) is -2.89. The Morgan fingerprint density at radius 2 is 1.61 bits per heavy atom. The molecule has 4 amide bonds. The molecule has 0 bridgehead atoms. The summed E-state index contributed by atoms with van der Waals surface area (Å²) in [6.45, 7) is 1.69. The Morgan fingerprint density at radius 1 is 0.968 bits per heavy atom. The van der Waals surface area contributed by atoms with Crippen LogP contribution in [0.25, 0.3) is 0 Å². The lowest BCUT2D eigenvalue weighted by Crippen LogP contribution is -2.56. The number of hydrogen-bond donors (Lipinski definition) is 4. The zero-order chi connectivity index (χ0) is 22.5. The van der Waals surface area contributed by atoms with Crippen LogP contribution in [0.4, 0.5) is 0 Å². The number of carbonyl (C=O) groups is 5. The normalized spacial score (nSPS) is 26.6. The Morgan fingerprint density at radius 3 is 2.19 bits per heavy atom. The molecule has 0 spiro atoms. The van der Waals surface area contributed by atoms with Crippen molar-refractivity contribution in [3.63, 3.8) is 0 Å². The van der Waals surface area contributed by atoms with Gasteiger partial charge < -0.3 is 31.3 Å². The van der Waals surface area contributed by atoms with Gasteiger partial charge in [-0.25, -0.2) is 4.79 Å².